The minimum atomic E-state index is -0.345. The second kappa shape index (κ2) is 10.1. The molecule has 0 saturated carbocycles. The molecular formula is C27H28N2O3. The number of ether oxygens (including phenoxy) is 1. The zero-order valence-corrected chi connectivity index (χ0v) is 18.2. The van der Waals surface area contributed by atoms with Crippen molar-refractivity contribution in [2.75, 3.05) is 20.2 Å². The number of nitrogens with one attached hydrogen (secondary N) is 1. The average molecular weight is 429 g/mol. The van der Waals surface area contributed by atoms with Crippen LogP contribution in [0.4, 0.5) is 0 Å². The number of carbonyl (C=O) groups excluding carboxylic acids is 2. The highest BCUT2D eigenvalue weighted by Crippen LogP contribution is 2.26. The minimum Gasteiger partial charge on any atom is -0.497 e. The lowest BCUT2D eigenvalue weighted by molar-refractivity contribution is -0.129. The lowest BCUT2D eigenvalue weighted by atomic mass is 9.97. The topological polar surface area (TPSA) is 58.6 Å². The summed E-state index contributed by atoms with van der Waals surface area (Å²) in [6.45, 7) is 1.09. The monoisotopic (exact) mass is 428 g/mol. The second-order valence-corrected chi connectivity index (χ2v) is 8.10. The SMILES string of the molecule is COc1ccc(C(NC(=O)C2CC(=O)N(CCc3ccccc3)C2)c2ccccc2)cc1. The van der Waals surface area contributed by atoms with Gasteiger partial charge < -0.3 is 15.0 Å². The Kier molecular flexibility index (Phi) is 6.85. The molecule has 164 valence electrons. The van der Waals surface area contributed by atoms with Gasteiger partial charge in [-0.2, -0.15) is 0 Å². The number of nitrogens with zero attached hydrogens (tertiary/aromatic N) is 1. The van der Waals surface area contributed by atoms with Gasteiger partial charge in [0.15, 0.2) is 0 Å². The van der Waals surface area contributed by atoms with Gasteiger partial charge in [-0.1, -0.05) is 72.8 Å². The molecule has 5 heteroatoms. The molecule has 32 heavy (non-hydrogen) atoms. The predicted octanol–water partition coefficient (Wildman–Crippen LogP) is 3.99. The highest BCUT2D eigenvalue weighted by Gasteiger charge is 2.35. The van der Waals surface area contributed by atoms with Crippen LogP contribution in [0.3, 0.4) is 0 Å². The lowest BCUT2D eigenvalue weighted by Gasteiger charge is -2.22. The van der Waals surface area contributed by atoms with Crippen molar-refractivity contribution < 1.29 is 14.3 Å². The van der Waals surface area contributed by atoms with E-state index in [0.29, 0.717) is 13.1 Å². The van der Waals surface area contributed by atoms with Crippen LogP contribution in [0.1, 0.15) is 29.2 Å². The highest BCUT2D eigenvalue weighted by atomic mass is 16.5. The van der Waals surface area contributed by atoms with Gasteiger partial charge in [-0.05, 0) is 35.2 Å². The van der Waals surface area contributed by atoms with Crippen molar-refractivity contribution in [3.05, 3.63) is 102 Å². The minimum absolute atomic E-state index is 0.0433. The largest absolute Gasteiger partial charge is 0.497 e. The van der Waals surface area contributed by atoms with E-state index < -0.39 is 0 Å². The van der Waals surface area contributed by atoms with Crippen molar-refractivity contribution in [2.45, 2.75) is 18.9 Å². The lowest BCUT2D eigenvalue weighted by Crippen LogP contribution is -2.36. The number of benzene rings is 3. The summed E-state index contributed by atoms with van der Waals surface area (Å²) in [6, 6.07) is 27.4. The normalized spacial score (nSPS) is 16.6. The molecule has 5 nitrogen and oxygen atoms in total. The molecule has 0 radical (unpaired) electrons. The van der Waals surface area contributed by atoms with E-state index in [0.717, 1.165) is 23.3 Å². The van der Waals surface area contributed by atoms with Crippen LogP contribution >= 0.6 is 0 Å². The fraction of sp³-hybridized carbons (Fsp3) is 0.259. The van der Waals surface area contributed by atoms with Crippen LogP contribution in [0.25, 0.3) is 0 Å². The first-order chi connectivity index (χ1) is 15.6. The Bertz CT molecular complexity index is 1040. The summed E-state index contributed by atoms with van der Waals surface area (Å²) in [7, 11) is 1.63. The molecule has 1 heterocycles. The van der Waals surface area contributed by atoms with Gasteiger partial charge in [-0.15, -0.1) is 0 Å². The molecule has 2 unspecified atom stereocenters. The van der Waals surface area contributed by atoms with Crippen LogP contribution in [0.5, 0.6) is 5.75 Å². The van der Waals surface area contributed by atoms with Crippen LogP contribution in [-0.2, 0) is 16.0 Å². The Morgan fingerprint density at radius 1 is 0.969 bits per heavy atom. The smallest absolute Gasteiger partial charge is 0.226 e. The number of methoxy groups -OCH3 is 1. The van der Waals surface area contributed by atoms with Crippen LogP contribution < -0.4 is 10.1 Å². The van der Waals surface area contributed by atoms with Crippen LogP contribution in [-0.4, -0.2) is 36.9 Å². The first-order valence-corrected chi connectivity index (χ1v) is 10.9. The standard InChI is InChI=1S/C27H28N2O3/c1-32-24-14-12-22(13-15-24)26(21-10-6-3-7-11-21)28-27(31)23-18-25(30)29(19-23)17-16-20-8-4-2-5-9-20/h2-15,23,26H,16-19H2,1H3,(H,28,31). The first kappa shape index (κ1) is 21.6. The highest BCUT2D eigenvalue weighted by molar-refractivity contribution is 5.89. The van der Waals surface area contributed by atoms with Gasteiger partial charge in [0.1, 0.15) is 5.75 Å². The molecule has 1 aliphatic heterocycles. The van der Waals surface area contributed by atoms with E-state index in [1.165, 1.54) is 5.56 Å². The molecule has 2 atom stereocenters. The molecule has 2 amide bonds. The maximum atomic E-state index is 13.2. The van der Waals surface area contributed by atoms with Crippen LogP contribution in [0.15, 0.2) is 84.9 Å². The van der Waals surface area contributed by atoms with E-state index >= 15 is 0 Å². The Hall–Kier alpha value is -3.60. The Labute approximate surface area is 189 Å². The van der Waals surface area contributed by atoms with E-state index in [4.69, 9.17) is 4.74 Å². The van der Waals surface area contributed by atoms with Gasteiger partial charge >= 0.3 is 0 Å². The first-order valence-electron chi connectivity index (χ1n) is 10.9. The van der Waals surface area contributed by atoms with Crippen molar-refractivity contribution in [3.8, 4) is 5.75 Å². The maximum absolute atomic E-state index is 13.2. The van der Waals surface area contributed by atoms with E-state index in [1.54, 1.807) is 7.11 Å². The summed E-state index contributed by atoms with van der Waals surface area (Å²) in [4.78, 5) is 27.5. The number of carbonyl (C=O) groups is 2. The fourth-order valence-corrected chi connectivity index (χ4v) is 4.13. The quantitative estimate of drug-likeness (QED) is 0.590. The van der Waals surface area contributed by atoms with Gasteiger partial charge in [0.2, 0.25) is 11.8 Å². The van der Waals surface area contributed by atoms with E-state index in [9.17, 15) is 9.59 Å². The summed E-state index contributed by atoms with van der Waals surface area (Å²) < 4.78 is 5.27. The predicted molar refractivity (Wildman–Crippen MR) is 124 cm³/mol. The molecule has 0 aromatic heterocycles. The molecule has 1 aliphatic rings. The third kappa shape index (κ3) is 5.17. The summed E-state index contributed by atoms with van der Waals surface area (Å²) in [5, 5.41) is 3.19. The molecule has 4 rings (SSSR count). The third-order valence-electron chi connectivity index (χ3n) is 5.97. The van der Waals surface area contributed by atoms with Crippen molar-refractivity contribution in [1.82, 2.24) is 10.2 Å². The van der Waals surface area contributed by atoms with Gasteiger partial charge in [0.25, 0.3) is 0 Å². The fourth-order valence-electron chi connectivity index (χ4n) is 4.13. The summed E-state index contributed by atoms with van der Waals surface area (Å²) in [6.07, 6.45) is 1.05. The Morgan fingerprint density at radius 3 is 2.25 bits per heavy atom. The summed E-state index contributed by atoms with van der Waals surface area (Å²) >= 11 is 0. The second-order valence-electron chi connectivity index (χ2n) is 8.10. The number of rotatable bonds is 8. The van der Waals surface area contributed by atoms with Gasteiger partial charge in [0.05, 0.1) is 19.1 Å². The molecule has 1 fully saturated rings. The van der Waals surface area contributed by atoms with Crippen LogP contribution in [0.2, 0.25) is 0 Å². The number of amides is 2. The van der Waals surface area contributed by atoms with E-state index in [-0.39, 0.29) is 30.2 Å². The van der Waals surface area contributed by atoms with E-state index in [1.807, 2.05) is 77.7 Å². The molecule has 3 aromatic rings. The zero-order chi connectivity index (χ0) is 22.3. The average Bonchev–Trinajstić information content (AvgIpc) is 3.23. The Morgan fingerprint density at radius 2 is 1.59 bits per heavy atom. The molecule has 0 bridgehead atoms. The molecule has 1 N–H and O–H groups in total. The van der Waals surface area contributed by atoms with Crippen molar-refractivity contribution in [2.24, 2.45) is 5.92 Å². The van der Waals surface area contributed by atoms with Gasteiger partial charge in [-0.3, -0.25) is 9.59 Å². The van der Waals surface area contributed by atoms with Crippen molar-refractivity contribution >= 4 is 11.8 Å². The number of likely N-dealkylation sites (tertiary alicyclic amines) is 1. The molecule has 3 aromatic carbocycles. The van der Waals surface area contributed by atoms with Crippen LogP contribution in [0, 0.1) is 5.92 Å². The maximum Gasteiger partial charge on any atom is 0.226 e. The molecule has 0 aliphatic carbocycles. The Balaban J connectivity index is 1.44. The molecule has 0 spiro atoms. The zero-order valence-electron chi connectivity index (χ0n) is 18.2. The number of hydrogen-bond donors (Lipinski definition) is 1. The van der Waals surface area contributed by atoms with Crippen molar-refractivity contribution in [1.29, 1.82) is 0 Å². The molecule has 1 saturated heterocycles. The van der Waals surface area contributed by atoms with Crippen molar-refractivity contribution in [3.63, 3.8) is 0 Å². The van der Waals surface area contributed by atoms with Gasteiger partial charge in [-0.25, -0.2) is 0 Å². The number of hydrogen-bond acceptors (Lipinski definition) is 3. The molecular weight excluding hydrogens is 400 g/mol. The summed E-state index contributed by atoms with van der Waals surface area (Å²) in [5.74, 6) is 0.372. The third-order valence-corrected chi connectivity index (χ3v) is 5.97. The summed E-state index contributed by atoms with van der Waals surface area (Å²) in [5.41, 5.74) is 3.16. The van der Waals surface area contributed by atoms with E-state index in [2.05, 4.69) is 17.4 Å². The van der Waals surface area contributed by atoms with Gasteiger partial charge in [0, 0.05) is 19.5 Å².